The fourth-order valence-corrected chi connectivity index (χ4v) is 2.87. The molecular weight excluding hydrogens is 394 g/mol. The minimum absolute atomic E-state index is 0.0354. The molecule has 29 heavy (non-hydrogen) atoms. The zero-order valence-electron chi connectivity index (χ0n) is 19.0. The van der Waals surface area contributed by atoms with Gasteiger partial charge in [-0.2, -0.15) is 12.6 Å². The third-order valence-electron chi connectivity index (χ3n) is 4.09. The van der Waals surface area contributed by atoms with E-state index >= 15 is 0 Å². The molecule has 3 rings (SSSR count). The lowest BCUT2D eigenvalue weighted by Crippen LogP contribution is -2.35. The smallest absolute Gasteiger partial charge is 0.165 e. The summed E-state index contributed by atoms with van der Waals surface area (Å²) in [5.74, 6) is 4.78. The van der Waals surface area contributed by atoms with Crippen molar-refractivity contribution in [2.45, 2.75) is 53.9 Å². The summed E-state index contributed by atoms with van der Waals surface area (Å²) >= 11 is 3.53. The summed E-state index contributed by atoms with van der Waals surface area (Å²) in [6.07, 6.45) is 6.17. The highest BCUT2D eigenvalue weighted by atomic mass is 32.1. The van der Waals surface area contributed by atoms with Crippen molar-refractivity contribution < 1.29 is 18.3 Å². The van der Waals surface area contributed by atoms with Gasteiger partial charge in [0.2, 0.25) is 0 Å². The number of fused-ring (bicyclic) bond motifs is 3. The Balaban J connectivity index is 0. The van der Waals surface area contributed by atoms with Crippen LogP contribution >= 0.6 is 12.6 Å². The molecule has 4 nitrogen and oxygen atoms in total. The van der Waals surface area contributed by atoms with E-state index in [1.807, 2.05) is 53.8 Å². The van der Waals surface area contributed by atoms with E-state index in [1.54, 1.807) is 11.3 Å². The van der Waals surface area contributed by atoms with Gasteiger partial charge in [0, 0.05) is 36.8 Å². The maximum atomic E-state index is 13.7. The van der Waals surface area contributed by atoms with Crippen LogP contribution in [0.25, 0.3) is 0 Å². The summed E-state index contributed by atoms with van der Waals surface area (Å²) in [5.41, 5.74) is 0.402. The molecule has 7 heteroatoms. The van der Waals surface area contributed by atoms with Gasteiger partial charge in [-0.1, -0.05) is 33.8 Å². The lowest BCUT2D eigenvalue weighted by molar-refractivity contribution is 0.00815. The van der Waals surface area contributed by atoms with Crippen molar-refractivity contribution in [2.75, 3.05) is 32.6 Å². The first-order valence-electron chi connectivity index (χ1n) is 10.4. The molecule has 1 saturated heterocycles. The lowest BCUT2D eigenvalue weighted by atomic mass is 9.80. The normalized spacial score (nSPS) is 18.4. The van der Waals surface area contributed by atoms with Gasteiger partial charge in [-0.15, -0.1) is 0 Å². The summed E-state index contributed by atoms with van der Waals surface area (Å²) in [5, 5.41) is 1.62. The van der Waals surface area contributed by atoms with E-state index in [-0.39, 0.29) is 23.4 Å². The van der Waals surface area contributed by atoms with Gasteiger partial charge in [0.05, 0.1) is 13.2 Å². The van der Waals surface area contributed by atoms with Gasteiger partial charge in [-0.05, 0) is 38.7 Å². The van der Waals surface area contributed by atoms with Crippen LogP contribution in [0.15, 0.2) is 24.4 Å². The van der Waals surface area contributed by atoms with E-state index in [0.29, 0.717) is 25.4 Å². The summed E-state index contributed by atoms with van der Waals surface area (Å²) in [6, 6.07) is 2.29. The molecule has 1 aromatic rings. The van der Waals surface area contributed by atoms with Crippen LogP contribution in [0, 0.1) is 17.6 Å². The van der Waals surface area contributed by atoms with Gasteiger partial charge in [0.25, 0.3) is 0 Å². The highest BCUT2D eigenvalue weighted by Crippen LogP contribution is 2.43. The number of hydrogen-bond acceptors (Lipinski definition) is 5. The summed E-state index contributed by atoms with van der Waals surface area (Å²) < 4.78 is 37.9. The van der Waals surface area contributed by atoms with Gasteiger partial charge < -0.3 is 14.5 Å². The fourth-order valence-electron chi connectivity index (χ4n) is 2.87. The van der Waals surface area contributed by atoms with Crippen molar-refractivity contribution in [3.8, 4) is 5.75 Å². The number of hydrazine groups is 1. The summed E-state index contributed by atoms with van der Waals surface area (Å²) in [4.78, 5) is 0. The zero-order valence-corrected chi connectivity index (χ0v) is 19.9. The maximum Gasteiger partial charge on any atom is 0.165 e. The molecule has 0 aromatic heterocycles. The molecular formula is C22H40F2N2O2S. The average molecular weight is 435 g/mol. The molecule has 2 heterocycles. The van der Waals surface area contributed by atoms with Crippen LogP contribution in [0.3, 0.4) is 0 Å². The van der Waals surface area contributed by atoms with Crippen molar-refractivity contribution in [2.24, 2.45) is 11.8 Å². The Kier molecular flexibility index (Phi) is 19.3. The zero-order chi connectivity index (χ0) is 22.8. The van der Waals surface area contributed by atoms with Crippen molar-refractivity contribution in [3.05, 3.63) is 41.6 Å². The Bertz CT molecular complexity index is 560. The molecule has 0 amide bonds. The topological polar surface area (TPSA) is 47.7 Å². The van der Waals surface area contributed by atoms with Crippen LogP contribution < -0.4 is 10.6 Å². The van der Waals surface area contributed by atoms with Crippen molar-refractivity contribution in [3.63, 3.8) is 0 Å². The first kappa shape index (κ1) is 29.9. The van der Waals surface area contributed by atoms with Crippen molar-refractivity contribution >= 4 is 12.6 Å². The number of benzene rings is 1. The quantitative estimate of drug-likeness (QED) is 0.351. The predicted octanol–water partition coefficient (Wildman–Crippen LogP) is 5.79. The number of ether oxygens (including phenoxy) is 2. The number of nitrogens with two attached hydrogens (primary N) is 1. The number of rotatable bonds is 2. The highest BCUT2D eigenvalue weighted by Gasteiger charge is 2.36. The standard InChI is InChI=1S/C12H12F2O2.C5H12N2.2C2H6.CH4S/c13-9-1-2-10(14)12-11(9)8-3-4-15-5-7(8)6-16-12;1-3-5-7(6)4-2;3*1-2/h1-2,7-8H,3-6H2;3,5H,4,6H2,1-2H3;2*1-2H3;2H,1H3/b;5-3-;;;. The van der Waals surface area contributed by atoms with E-state index in [9.17, 15) is 8.78 Å². The number of thiol groups is 1. The molecule has 0 bridgehead atoms. The fraction of sp³-hybridized carbons (Fsp3) is 0.636. The Hall–Kier alpha value is -1.31. The van der Waals surface area contributed by atoms with Crippen LogP contribution in [-0.2, 0) is 4.74 Å². The average Bonchev–Trinajstić information content (AvgIpc) is 2.80. The van der Waals surface area contributed by atoms with E-state index in [1.165, 1.54) is 6.07 Å². The molecule has 0 spiro atoms. The van der Waals surface area contributed by atoms with Gasteiger partial charge in [0.1, 0.15) is 5.82 Å². The van der Waals surface area contributed by atoms with Crippen LogP contribution in [0.2, 0.25) is 0 Å². The molecule has 2 aliphatic heterocycles. The first-order chi connectivity index (χ1) is 14.1. The van der Waals surface area contributed by atoms with Crippen LogP contribution in [-0.4, -0.2) is 37.6 Å². The van der Waals surface area contributed by atoms with Crippen molar-refractivity contribution in [1.82, 2.24) is 5.01 Å². The summed E-state index contributed by atoms with van der Waals surface area (Å²) in [7, 11) is 0. The first-order valence-corrected chi connectivity index (χ1v) is 11.2. The Morgan fingerprint density at radius 3 is 2.24 bits per heavy atom. The summed E-state index contributed by atoms with van der Waals surface area (Å²) in [6.45, 7) is 14.4. The molecule has 1 fully saturated rings. The number of hydrogen-bond donors (Lipinski definition) is 2. The van der Waals surface area contributed by atoms with Crippen molar-refractivity contribution in [1.29, 1.82) is 0 Å². The molecule has 2 atom stereocenters. The molecule has 1 aromatic carbocycles. The van der Waals surface area contributed by atoms with Crippen LogP contribution in [0.1, 0.15) is 59.4 Å². The molecule has 0 aliphatic carbocycles. The molecule has 2 aliphatic rings. The largest absolute Gasteiger partial charge is 0.490 e. The maximum absolute atomic E-state index is 13.7. The molecule has 170 valence electrons. The van der Waals surface area contributed by atoms with Gasteiger partial charge >= 0.3 is 0 Å². The van der Waals surface area contributed by atoms with E-state index < -0.39 is 5.82 Å². The number of allylic oxidation sites excluding steroid dienone is 1. The third kappa shape index (κ3) is 9.83. The molecule has 0 saturated carbocycles. The van der Waals surface area contributed by atoms with E-state index in [2.05, 4.69) is 12.6 Å². The van der Waals surface area contributed by atoms with E-state index in [0.717, 1.165) is 19.0 Å². The minimum Gasteiger partial charge on any atom is -0.490 e. The van der Waals surface area contributed by atoms with Gasteiger partial charge in [0.15, 0.2) is 11.6 Å². The Labute approximate surface area is 181 Å². The Morgan fingerprint density at radius 2 is 1.72 bits per heavy atom. The lowest BCUT2D eigenvalue weighted by Gasteiger charge is -2.36. The van der Waals surface area contributed by atoms with Gasteiger partial charge in [-0.3, -0.25) is 0 Å². The SMILES string of the molecule is C/C=C\N(N)CC.CC.CC.CS.Fc1ccc(F)c2c1OCC1COCCC21. The second-order valence-corrected chi connectivity index (χ2v) is 5.63. The third-order valence-corrected chi connectivity index (χ3v) is 4.09. The molecule has 2 N–H and O–H groups in total. The van der Waals surface area contributed by atoms with E-state index in [4.69, 9.17) is 15.3 Å². The minimum atomic E-state index is -0.471. The van der Waals surface area contributed by atoms with Crippen LogP contribution in [0.4, 0.5) is 8.78 Å². The second-order valence-electron chi connectivity index (χ2n) is 5.63. The Morgan fingerprint density at radius 1 is 1.14 bits per heavy atom. The second kappa shape index (κ2) is 18.7. The van der Waals surface area contributed by atoms with Gasteiger partial charge in [-0.25, -0.2) is 14.6 Å². The molecule has 2 unspecified atom stereocenters. The van der Waals surface area contributed by atoms with Crippen LogP contribution in [0.5, 0.6) is 5.75 Å². The number of nitrogens with zero attached hydrogens (tertiary/aromatic N) is 1. The molecule has 0 radical (unpaired) electrons. The predicted molar refractivity (Wildman–Crippen MR) is 123 cm³/mol. The highest BCUT2D eigenvalue weighted by molar-refractivity contribution is 7.79. The monoisotopic (exact) mass is 434 g/mol. The number of halogens is 2.